The number of aromatic carboxylic acids is 1. The van der Waals surface area contributed by atoms with Crippen LogP contribution in [0.3, 0.4) is 0 Å². The predicted octanol–water partition coefficient (Wildman–Crippen LogP) is 2.05. The monoisotopic (exact) mass is 248 g/mol. The molecule has 5 heteroatoms. The molecule has 0 radical (unpaired) electrons. The molecule has 0 saturated heterocycles. The SMILES string of the molecule is O=C(O)c1coc(COc2cccc(CO)c2)c1. The highest BCUT2D eigenvalue weighted by Crippen LogP contribution is 2.16. The average molecular weight is 248 g/mol. The minimum Gasteiger partial charge on any atom is -0.486 e. The van der Waals surface area contributed by atoms with Crippen LogP contribution in [-0.2, 0) is 13.2 Å². The number of rotatable bonds is 5. The second kappa shape index (κ2) is 5.37. The van der Waals surface area contributed by atoms with E-state index >= 15 is 0 Å². The molecule has 18 heavy (non-hydrogen) atoms. The Hall–Kier alpha value is -2.27. The summed E-state index contributed by atoms with van der Waals surface area (Å²) in [4.78, 5) is 10.6. The van der Waals surface area contributed by atoms with Crippen LogP contribution in [0.5, 0.6) is 5.75 Å². The third-order valence-electron chi connectivity index (χ3n) is 2.36. The standard InChI is InChI=1S/C13H12O5/c14-6-9-2-1-3-11(4-9)18-8-12-5-10(7-17-12)13(15)16/h1-5,7,14H,6,8H2,(H,15,16). The number of carboxylic acids is 1. The molecule has 94 valence electrons. The van der Waals surface area contributed by atoms with Crippen LogP contribution in [0.15, 0.2) is 41.0 Å². The van der Waals surface area contributed by atoms with Crippen molar-refractivity contribution in [1.82, 2.24) is 0 Å². The molecule has 0 aliphatic rings. The van der Waals surface area contributed by atoms with Gasteiger partial charge >= 0.3 is 5.97 Å². The molecule has 0 atom stereocenters. The molecule has 0 aliphatic carbocycles. The van der Waals surface area contributed by atoms with E-state index in [1.54, 1.807) is 24.3 Å². The molecule has 1 heterocycles. The van der Waals surface area contributed by atoms with Crippen LogP contribution >= 0.6 is 0 Å². The summed E-state index contributed by atoms with van der Waals surface area (Å²) in [7, 11) is 0. The third-order valence-corrected chi connectivity index (χ3v) is 2.36. The molecule has 1 aromatic carbocycles. The van der Waals surface area contributed by atoms with Gasteiger partial charge < -0.3 is 19.4 Å². The highest BCUT2D eigenvalue weighted by molar-refractivity contribution is 5.87. The summed E-state index contributed by atoms with van der Waals surface area (Å²) in [6.45, 7) is 0.0866. The summed E-state index contributed by atoms with van der Waals surface area (Å²) in [6.07, 6.45) is 1.17. The van der Waals surface area contributed by atoms with Gasteiger partial charge in [0, 0.05) is 0 Å². The second-order valence-electron chi connectivity index (χ2n) is 3.70. The predicted molar refractivity (Wildman–Crippen MR) is 62.4 cm³/mol. The van der Waals surface area contributed by atoms with Crippen molar-refractivity contribution in [3.63, 3.8) is 0 Å². The van der Waals surface area contributed by atoms with Gasteiger partial charge in [0.05, 0.1) is 12.2 Å². The molecule has 0 spiro atoms. The topological polar surface area (TPSA) is 79.9 Å². The lowest BCUT2D eigenvalue weighted by Gasteiger charge is -2.05. The van der Waals surface area contributed by atoms with E-state index in [1.807, 2.05) is 0 Å². The Morgan fingerprint density at radius 2 is 2.17 bits per heavy atom. The number of hydrogen-bond acceptors (Lipinski definition) is 4. The molecule has 0 amide bonds. The van der Waals surface area contributed by atoms with Crippen LogP contribution in [0, 0.1) is 0 Å². The Morgan fingerprint density at radius 1 is 1.33 bits per heavy atom. The van der Waals surface area contributed by atoms with Crippen molar-refractivity contribution >= 4 is 5.97 Å². The average Bonchev–Trinajstić information content (AvgIpc) is 2.85. The first-order chi connectivity index (χ1) is 8.69. The molecule has 0 saturated carbocycles. The third kappa shape index (κ3) is 2.89. The first-order valence-corrected chi connectivity index (χ1v) is 5.32. The van der Waals surface area contributed by atoms with E-state index in [2.05, 4.69) is 0 Å². The molecular weight excluding hydrogens is 236 g/mol. The number of aliphatic hydroxyl groups excluding tert-OH is 1. The summed E-state index contributed by atoms with van der Waals surface area (Å²) in [5.41, 5.74) is 0.843. The Bertz CT molecular complexity index is 544. The first kappa shape index (κ1) is 12.2. The van der Waals surface area contributed by atoms with Gasteiger partial charge in [-0.05, 0) is 23.8 Å². The summed E-state index contributed by atoms with van der Waals surface area (Å²) in [5.74, 6) is -0.0103. The van der Waals surface area contributed by atoms with E-state index in [9.17, 15) is 4.79 Å². The molecule has 5 nitrogen and oxygen atoms in total. The van der Waals surface area contributed by atoms with Crippen LogP contribution in [0.1, 0.15) is 21.7 Å². The van der Waals surface area contributed by atoms with Crippen molar-refractivity contribution in [2.24, 2.45) is 0 Å². The van der Waals surface area contributed by atoms with Gasteiger partial charge in [0.2, 0.25) is 0 Å². The molecule has 1 aromatic heterocycles. The van der Waals surface area contributed by atoms with Crippen molar-refractivity contribution in [2.75, 3.05) is 0 Å². The lowest BCUT2D eigenvalue weighted by Crippen LogP contribution is -1.95. The van der Waals surface area contributed by atoms with Crippen LogP contribution in [-0.4, -0.2) is 16.2 Å². The lowest BCUT2D eigenvalue weighted by molar-refractivity contribution is 0.0696. The van der Waals surface area contributed by atoms with Gasteiger partial charge in [-0.25, -0.2) is 4.79 Å². The quantitative estimate of drug-likeness (QED) is 0.846. The summed E-state index contributed by atoms with van der Waals surface area (Å²) >= 11 is 0. The van der Waals surface area contributed by atoms with Crippen molar-refractivity contribution in [2.45, 2.75) is 13.2 Å². The minimum atomic E-state index is -1.03. The zero-order chi connectivity index (χ0) is 13.0. The van der Waals surface area contributed by atoms with Gasteiger partial charge in [-0.1, -0.05) is 12.1 Å². The zero-order valence-electron chi connectivity index (χ0n) is 9.50. The van der Waals surface area contributed by atoms with E-state index < -0.39 is 5.97 Å². The Labute approximate surface area is 103 Å². The van der Waals surface area contributed by atoms with Gasteiger partial charge in [0.25, 0.3) is 0 Å². The molecule has 0 bridgehead atoms. The van der Waals surface area contributed by atoms with Crippen molar-refractivity contribution in [3.8, 4) is 5.75 Å². The molecule has 0 aliphatic heterocycles. The molecular formula is C13H12O5. The van der Waals surface area contributed by atoms with Gasteiger partial charge in [0.1, 0.15) is 24.4 Å². The van der Waals surface area contributed by atoms with E-state index in [4.69, 9.17) is 19.4 Å². The van der Waals surface area contributed by atoms with Gasteiger partial charge in [-0.3, -0.25) is 0 Å². The van der Waals surface area contributed by atoms with Gasteiger partial charge in [0.15, 0.2) is 0 Å². The maximum absolute atomic E-state index is 10.6. The molecule has 2 N–H and O–H groups in total. The molecule has 0 fully saturated rings. The Morgan fingerprint density at radius 3 is 2.83 bits per heavy atom. The van der Waals surface area contributed by atoms with Crippen molar-refractivity contribution < 1.29 is 24.2 Å². The summed E-state index contributed by atoms with van der Waals surface area (Å²) < 4.78 is 10.5. The fraction of sp³-hybridized carbons (Fsp3) is 0.154. The largest absolute Gasteiger partial charge is 0.486 e. The summed E-state index contributed by atoms with van der Waals surface area (Å²) in [6, 6.07) is 8.42. The van der Waals surface area contributed by atoms with E-state index in [0.29, 0.717) is 11.5 Å². The van der Waals surface area contributed by atoms with Crippen LogP contribution in [0.2, 0.25) is 0 Å². The van der Waals surface area contributed by atoms with E-state index in [-0.39, 0.29) is 18.8 Å². The van der Waals surface area contributed by atoms with Crippen LogP contribution < -0.4 is 4.74 Å². The zero-order valence-corrected chi connectivity index (χ0v) is 9.50. The highest BCUT2D eigenvalue weighted by atomic mass is 16.5. The van der Waals surface area contributed by atoms with Crippen molar-refractivity contribution in [3.05, 3.63) is 53.5 Å². The number of benzene rings is 1. The van der Waals surface area contributed by atoms with Crippen molar-refractivity contribution in [1.29, 1.82) is 0 Å². The molecule has 2 rings (SSSR count). The summed E-state index contributed by atoms with van der Waals surface area (Å²) in [5, 5.41) is 17.7. The Balaban J connectivity index is 1.99. The number of hydrogen-bond donors (Lipinski definition) is 2. The minimum absolute atomic E-state index is 0.0545. The lowest BCUT2D eigenvalue weighted by atomic mass is 10.2. The molecule has 2 aromatic rings. The first-order valence-electron chi connectivity index (χ1n) is 5.32. The number of carboxylic acid groups (broad SMARTS) is 1. The fourth-order valence-corrected chi connectivity index (χ4v) is 1.46. The molecule has 0 unspecified atom stereocenters. The number of aliphatic hydroxyl groups is 1. The van der Waals surface area contributed by atoms with E-state index in [0.717, 1.165) is 5.56 Å². The second-order valence-corrected chi connectivity index (χ2v) is 3.70. The normalized spacial score (nSPS) is 10.3. The van der Waals surface area contributed by atoms with E-state index in [1.165, 1.54) is 12.3 Å². The maximum Gasteiger partial charge on any atom is 0.338 e. The maximum atomic E-state index is 10.6. The number of furan rings is 1. The number of carbonyl (C=O) groups is 1. The fourth-order valence-electron chi connectivity index (χ4n) is 1.46. The van der Waals surface area contributed by atoms with Gasteiger partial charge in [-0.2, -0.15) is 0 Å². The Kier molecular flexibility index (Phi) is 3.64. The van der Waals surface area contributed by atoms with Crippen LogP contribution in [0.25, 0.3) is 0 Å². The van der Waals surface area contributed by atoms with Crippen LogP contribution in [0.4, 0.5) is 0 Å². The smallest absolute Gasteiger partial charge is 0.338 e. The van der Waals surface area contributed by atoms with Gasteiger partial charge in [-0.15, -0.1) is 0 Å². The highest BCUT2D eigenvalue weighted by Gasteiger charge is 2.08. The number of ether oxygens (including phenoxy) is 1.